The number of likely N-dealkylation sites (N-methyl/N-ethyl adjacent to an activating group) is 1. The number of β-amino-alcohol motifs (C(OH)–C–C–N with tert-alkyl or cyclic N) is 1. The molecule has 1 N–H and O–H groups in total. The molecule has 1 aromatic heterocycles. The van der Waals surface area contributed by atoms with E-state index in [2.05, 4.69) is 33.9 Å². The van der Waals surface area contributed by atoms with Gasteiger partial charge in [-0.3, -0.25) is 0 Å². The van der Waals surface area contributed by atoms with Gasteiger partial charge in [-0.1, -0.05) is 0 Å². The summed E-state index contributed by atoms with van der Waals surface area (Å²) < 4.78 is 0. The van der Waals surface area contributed by atoms with E-state index in [1.807, 2.05) is 19.9 Å². The Morgan fingerprint density at radius 3 is 2.72 bits per heavy atom. The van der Waals surface area contributed by atoms with Crippen LogP contribution in [-0.4, -0.2) is 59.3 Å². The van der Waals surface area contributed by atoms with Crippen molar-refractivity contribution in [3.8, 4) is 0 Å². The third-order valence-corrected chi connectivity index (χ3v) is 3.22. The average molecular weight is 250 g/mol. The predicted molar refractivity (Wildman–Crippen MR) is 71.8 cm³/mol. The minimum Gasteiger partial charge on any atom is -0.391 e. The van der Waals surface area contributed by atoms with E-state index in [1.165, 1.54) is 0 Å². The fourth-order valence-corrected chi connectivity index (χ4v) is 2.61. The molecule has 5 nitrogen and oxygen atoms in total. The number of hydrogen-bond acceptors (Lipinski definition) is 5. The topological polar surface area (TPSA) is 52.5 Å². The second-order valence-electron chi connectivity index (χ2n) is 5.37. The van der Waals surface area contributed by atoms with E-state index in [1.54, 1.807) is 0 Å². The third-order valence-electron chi connectivity index (χ3n) is 3.22. The summed E-state index contributed by atoms with van der Waals surface area (Å²) in [5.74, 6) is 1.72. The third kappa shape index (κ3) is 2.97. The van der Waals surface area contributed by atoms with Gasteiger partial charge < -0.3 is 14.9 Å². The van der Waals surface area contributed by atoms with Crippen molar-refractivity contribution in [1.82, 2.24) is 14.9 Å². The van der Waals surface area contributed by atoms with Crippen molar-refractivity contribution in [2.45, 2.75) is 32.4 Å². The average Bonchev–Trinajstić information content (AvgIpc) is 2.56. The molecule has 0 bridgehead atoms. The largest absolute Gasteiger partial charge is 0.391 e. The second-order valence-corrected chi connectivity index (χ2v) is 5.37. The molecule has 1 saturated heterocycles. The first kappa shape index (κ1) is 13.2. The van der Waals surface area contributed by atoms with Crippen LogP contribution < -0.4 is 4.90 Å². The Morgan fingerprint density at radius 1 is 1.39 bits per heavy atom. The van der Waals surface area contributed by atoms with E-state index in [9.17, 15) is 5.11 Å². The van der Waals surface area contributed by atoms with Crippen LogP contribution in [0.3, 0.4) is 0 Å². The lowest BCUT2D eigenvalue weighted by Crippen LogP contribution is -2.38. The van der Waals surface area contributed by atoms with Crippen LogP contribution in [-0.2, 0) is 0 Å². The maximum absolute atomic E-state index is 9.88. The van der Waals surface area contributed by atoms with E-state index in [-0.39, 0.29) is 6.10 Å². The number of anilines is 1. The number of aliphatic hydroxyl groups is 1. The molecule has 0 radical (unpaired) electrons. The lowest BCUT2D eigenvalue weighted by atomic mass is 10.2. The minimum atomic E-state index is -0.259. The normalized spacial score (nSPS) is 24.0. The van der Waals surface area contributed by atoms with E-state index >= 15 is 0 Å². The van der Waals surface area contributed by atoms with E-state index in [0.717, 1.165) is 30.3 Å². The highest BCUT2D eigenvalue weighted by molar-refractivity contribution is 5.43. The lowest BCUT2D eigenvalue weighted by Gasteiger charge is -2.28. The van der Waals surface area contributed by atoms with Gasteiger partial charge in [0.25, 0.3) is 0 Å². The Hall–Kier alpha value is -1.20. The summed E-state index contributed by atoms with van der Waals surface area (Å²) in [5.41, 5.74) is 0.975. The van der Waals surface area contributed by atoms with Gasteiger partial charge >= 0.3 is 0 Å². The molecule has 5 heteroatoms. The molecule has 100 valence electrons. The van der Waals surface area contributed by atoms with Crippen LogP contribution in [0.5, 0.6) is 0 Å². The molecule has 2 heterocycles. The standard InChI is InChI=1S/C13H22N4O/c1-9-5-13(15-10(2)14-9)17-8-12(18)6-11(17)7-16(3)4/h5,11-12,18H,6-8H2,1-4H3. The van der Waals surface area contributed by atoms with Crippen LogP contribution in [0.25, 0.3) is 0 Å². The molecule has 0 amide bonds. The van der Waals surface area contributed by atoms with Gasteiger partial charge in [-0.2, -0.15) is 0 Å². The quantitative estimate of drug-likeness (QED) is 0.851. The molecule has 0 aromatic carbocycles. The molecule has 2 atom stereocenters. The summed E-state index contributed by atoms with van der Waals surface area (Å²) in [6.45, 7) is 5.48. The number of hydrogen-bond donors (Lipinski definition) is 1. The molecule has 0 saturated carbocycles. The summed E-state index contributed by atoms with van der Waals surface area (Å²) in [7, 11) is 4.11. The Labute approximate surface area is 108 Å². The van der Waals surface area contributed by atoms with Gasteiger partial charge in [0.05, 0.1) is 6.10 Å². The number of aliphatic hydroxyl groups excluding tert-OH is 1. The summed E-state index contributed by atoms with van der Waals surface area (Å²) in [4.78, 5) is 13.1. The highest BCUT2D eigenvalue weighted by Crippen LogP contribution is 2.25. The Morgan fingerprint density at radius 2 is 2.11 bits per heavy atom. The first-order chi connectivity index (χ1) is 8.45. The van der Waals surface area contributed by atoms with Crippen molar-refractivity contribution in [3.05, 3.63) is 17.6 Å². The Balaban J connectivity index is 2.23. The molecule has 0 spiro atoms. The molecule has 1 aromatic rings. The van der Waals surface area contributed by atoms with Crippen LogP contribution in [0.4, 0.5) is 5.82 Å². The molecule has 18 heavy (non-hydrogen) atoms. The van der Waals surface area contributed by atoms with E-state index in [4.69, 9.17) is 0 Å². The van der Waals surface area contributed by atoms with Crippen molar-refractivity contribution in [2.24, 2.45) is 0 Å². The monoisotopic (exact) mass is 250 g/mol. The Bertz CT molecular complexity index is 401. The molecule has 0 aliphatic carbocycles. The van der Waals surface area contributed by atoms with Crippen LogP contribution in [0, 0.1) is 13.8 Å². The van der Waals surface area contributed by atoms with Crippen LogP contribution in [0.15, 0.2) is 6.07 Å². The van der Waals surface area contributed by atoms with Gasteiger partial charge in [0, 0.05) is 30.9 Å². The van der Waals surface area contributed by atoms with Gasteiger partial charge in [0.1, 0.15) is 11.6 Å². The van der Waals surface area contributed by atoms with Gasteiger partial charge in [-0.15, -0.1) is 0 Å². The summed E-state index contributed by atoms with van der Waals surface area (Å²) >= 11 is 0. The lowest BCUT2D eigenvalue weighted by molar-refractivity contribution is 0.191. The van der Waals surface area contributed by atoms with Crippen molar-refractivity contribution in [3.63, 3.8) is 0 Å². The maximum Gasteiger partial charge on any atom is 0.132 e. The summed E-state index contributed by atoms with van der Waals surface area (Å²) in [6.07, 6.45) is 0.547. The van der Waals surface area contributed by atoms with Crippen LogP contribution in [0.1, 0.15) is 17.9 Å². The highest BCUT2D eigenvalue weighted by atomic mass is 16.3. The minimum absolute atomic E-state index is 0.259. The first-order valence-corrected chi connectivity index (χ1v) is 6.37. The van der Waals surface area contributed by atoms with Crippen LogP contribution >= 0.6 is 0 Å². The van der Waals surface area contributed by atoms with Crippen molar-refractivity contribution in [1.29, 1.82) is 0 Å². The van der Waals surface area contributed by atoms with E-state index in [0.29, 0.717) is 12.6 Å². The van der Waals surface area contributed by atoms with Gasteiger partial charge in [-0.05, 0) is 34.4 Å². The summed E-state index contributed by atoms with van der Waals surface area (Å²) in [5, 5.41) is 9.88. The van der Waals surface area contributed by atoms with Crippen molar-refractivity contribution >= 4 is 5.82 Å². The first-order valence-electron chi connectivity index (χ1n) is 6.37. The second kappa shape index (κ2) is 5.20. The molecular formula is C13H22N4O. The smallest absolute Gasteiger partial charge is 0.132 e. The zero-order chi connectivity index (χ0) is 13.3. The van der Waals surface area contributed by atoms with Gasteiger partial charge in [-0.25, -0.2) is 9.97 Å². The highest BCUT2D eigenvalue weighted by Gasteiger charge is 2.32. The number of aromatic nitrogens is 2. The molecule has 1 aliphatic rings. The fourth-order valence-electron chi connectivity index (χ4n) is 2.61. The molecule has 1 aliphatic heterocycles. The zero-order valence-electron chi connectivity index (χ0n) is 11.6. The summed E-state index contributed by atoms with van der Waals surface area (Å²) in [6, 6.07) is 2.32. The predicted octanol–water partition coefficient (Wildman–Crippen LogP) is 0.595. The molecule has 2 rings (SSSR count). The van der Waals surface area contributed by atoms with Crippen molar-refractivity contribution in [2.75, 3.05) is 32.1 Å². The fraction of sp³-hybridized carbons (Fsp3) is 0.692. The number of nitrogens with zero attached hydrogens (tertiary/aromatic N) is 4. The molecule has 1 fully saturated rings. The number of rotatable bonds is 3. The Kier molecular flexibility index (Phi) is 3.82. The number of aryl methyl sites for hydroxylation is 2. The zero-order valence-corrected chi connectivity index (χ0v) is 11.6. The molecule has 2 unspecified atom stereocenters. The van der Waals surface area contributed by atoms with Crippen molar-refractivity contribution < 1.29 is 5.11 Å². The van der Waals surface area contributed by atoms with Crippen LogP contribution in [0.2, 0.25) is 0 Å². The van der Waals surface area contributed by atoms with Gasteiger partial charge in [0.15, 0.2) is 0 Å². The maximum atomic E-state index is 9.88. The molecular weight excluding hydrogens is 228 g/mol. The van der Waals surface area contributed by atoms with Gasteiger partial charge in [0.2, 0.25) is 0 Å². The van der Waals surface area contributed by atoms with E-state index < -0.39 is 0 Å². The SMILES string of the molecule is Cc1cc(N2CC(O)CC2CN(C)C)nc(C)n1.